The summed E-state index contributed by atoms with van der Waals surface area (Å²) in [4.78, 5) is 24.9. The van der Waals surface area contributed by atoms with Gasteiger partial charge in [0.05, 0.1) is 19.3 Å². The van der Waals surface area contributed by atoms with Gasteiger partial charge >= 0.3 is 0 Å². The van der Waals surface area contributed by atoms with E-state index < -0.39 is 0 Å². The van der Waals surface area contributed by atoms with E-state index in [9.17, 15) is 14.0 Å². The Labute approximate surface area is 155 Å². The summed E-state index contributed by atoms with van der Waals surface area (Å²) in [6, 6.07) is 7.27. The molecule has 1 aliphatic heterocycles. The zero-order valence-corrected chi connectivity index (χ0v) is 15.1. The van der Waals surface area contributed by atoms with Crippen molar-refractivity contribution in [3.63, 3.8) is 0 Å². The fraction of sp³-hybridized carbons (Fsp3) is 0.421. The normalized spacial score (nSPS) is 24.2. The van der Waals surface area contributed by atoms with E-state index in [4.69, 9.17) is 4.74 Å². The molecular formula is C19H21FN4O3. The number of ether oxygens (including phenoxy) is 1. The molecule has 1 aromatic heterocycles. The van der Waals surface area contributed by atoms with Crippen LogP contribution in [0.4, 0.5) is 4.39 Å². The second-order valence-electron chi connectivity index (χ2n) is 7.03. The van der Waals surface area contributed by atoms with Crippen LogP contribution < -0.4 is 10.6 Å². The van der Waals surface area contributed by atoms with Crippen molar-refractivity contribution in [1.82, 2.24) is 20.4 Å². The second kappa shape index (κ2) is 6.77. The highest BCUT2D eigenvalue weighted by molar-refractivity contribution is 5.98. The van der Waals surface area contributed by atoms with Gasteiger partial charge in [0.1, 0.15) is 11.5 Å². The molecule has 2 fully saturated rings. The van der Waals surface area contributed by atoms with E-state index in [0.717, 1.165) is 5.56 Å². The summed E-state index contributed by atoms with van der Waals surface area (Å²) in [5.74, 6) is -0.230. The zero-order valence-electron chi connectivity index (χ0n) is 15.1. The molecule has 8 heteroatoms. The smallest absolute Gasteiger partial charge is 0.271 e. The Balaban J connectivity index is 1.62. The minimum Gasteiger partial charge on any atom is -0.381 e. The number of hydrogen-bond donors (Lipinski definition) is 2. The first-order chi connectivity index (χ1) is 13.0. The second-order valence-corrected chi connectivity index (χ2v) is 7.03. The number of nitrogens with zero attached hydrogens (tertiary/aromatic N) is 2. The van der Waals surface area contributed by atoms with Crippen LogP contribution in [0, 0.1) is 17.7 Å². The van der Waals surface area contributed by atoms with E-state index in [-0.39, 0.29) is 35.4 Å². The molecule has 2 aliphatic rings. The predicted molar refractivity (Wildman–Crippen MR) is 94.9 cm³/mol. The summed E-state index contributed by atoms with van der Waals surface area (Å²) < 4.78 is 20.1. The zero-order chi connectivity index (χ0) is 19.1. The van der Waals surface area contributed by atoms with Gasteiger partial charge in [0, 0.05) is 31.0 Å². The van der Waals surface area contributed by atoms with Crippen LogP contribution in [0.3, 0.4) is 0 Å². The van der Waals surface area contributed by atoms with Crippen molar-refractivity contribution in [2.24, 2.45) is 11.8 Å². The van der Waals surface area contributed by atoms with Gasteiger partial charge in [0.2, 0.25) is 0 Å². The number of carbonyl (C=O) groups excluding carboxylic acids is 2. The van der Waals surface area contributed by atoms with Crippen LogP contribution in [0.1, 0.15) is 39.5 Å². The summed E-state index contributed by atoms with van der Waals surface area (Å²) in [6.45, 7) is 3.19. The maximum Gasteiger partial charge on any atom is 0.271 e. The quantitative estimate of drug-likeness (QED) is 0.830. The number of nitrogens with one attached hydrogen (secondary N) is 2. The topological polar surface area (TPSA) is 85.3 Å². The van der Waals surface area contributed by atoms with Crippen LogP contribution >= 0.6 is 0 Å². The molecule has 142 valence electrons. The SMILES string of the molecule is CNC(=O)c1cc(C(=O)NC2[C@H]3COC[C@@H]23)n([C@@H](C)c2ccc(F)cc2)n1. The molecule has 0 bridgehead atoms. The van der Waals surface area contributed by atoms with E-state index in [1.165, 1.54) is 29.9 Å². The maximum absolute atomic E-state index is 13.2. The van der Waals surface area contributed by atoms with Crippen LogP contribution in [0.2, 0.25) is 0 Å². The van der Waals surface area contributed by atoms with E-state index >= 15 is 0 Å². The van der Waals surface area contributed by atoms with Crippen LogP contribution in [0.5, 0.6) is 0 Å². The number of carbonyl (C=O) groups is 2. The highest BCUT2D eigenvalue weighted by atomic mass is 19.1. The lowest BCUT2D eigenvalue weighted by atomic mass is 10.1. The van der Waals surface area contributed by atoms with E-state index in [1.54, 1.807) is 12.1 Å². The fourth-order valence-corrected chi connectivity index (χ4v) is 3.66. The van der Waals surface area contributed by atoms with Crippen LogP contribution in [-0.2, 0) is 4.74 Å². The number of benzene rings is 1. The molecule has 2 N–H and O–H groups in total. The molecule has 2 aromatic rings. The third-order valence-electron chi connectivity index (χ3n) is 5.40. The van der Waals surface area contributed by atoms with Crippen molar-refractivity contribution < 1.29 is 18.7 Å². The molecule has 0 radical (unpaired) electrons. The number of amides is 2. The molecule has 2 amide bonds. The van der Waals surface area contributed by atoms with Gasteiger partial charge < -0.3 is 15.4 Å². The third kappa shape index (κ3) is 3.21. The maximum atomic E-state index is 13.2. The van der Waals surface area contributed by atoms with Crippen molar-refractivity contribution in [1.29, 1.82) is 0 Å². The Bertz CT molecular complexity index is 870. The summed E-state index contributed by atoms with van der Waals surface area (Å²) in [5.41, 5.74) is 1.25. The lowest BCUT2D eigenvalue weighted by Crippen LogP contribution is -2.32. The molecule has 1 aromatic carbocycles. The summed E-state index contributed by atoms with van der Waals surface area (Å²) in [5, 5.41) is 9.87. The molecule has 1 saturated carbocycles. The van der Waals surface area contributed by atoms with Crippen molar-refractivity contribution >= 4 is 11.8 Å². The molecule has 1 unspecified atom stereocenters. The molecule has 1 aliphatic carbocycles. The predicted octanol–water partition coefficient (Wildman–Crippen LogP) is 1.37. The number of rotatable bonds is 5. The molecular weight excluding hydrogens is 351 g/mol. The Morgan fingerprint density at radius 3 is 2.52 bits per heavy atom. The van der Waals surface area contributed by atoms with Crippen molar-refractivity contribution in [3.8, 4) is 0 Å². The largest absolute Gasteiger partial charge is 0.381 e. The third-order valence-corrected chi connectivity index (χ3v) is 5.40. The summed E-state index contributed by atoms with van der Waals surface area (Å²) in [6.07, 6.45) is 0. The minimum absolute atomic E-state index is 0.110. The number of hydrogen-bond acceptors (Lipinski definition) is 4. The van der Waals surface area contributed by atoms with Crippen LogP contribution in [0.25, 0.3) is 0 Å². The van der Waals surface area contributed by atoms with E-state index in [1.807, 2.05) is 6.92 Å². The first kappa shape index (κ1) is 17.7. The van der Waals surface area contributed by atoms with E-state index in [2.05, 4.69) is 15.7 Å². The van der Waals surface area contributed by atoms with Crippen LogP contribution in [-0.4, -0.2) is 47.9 Å². The number of halogens is 1. The van der Waals surface area contributed by atoms with Gasteiger partial charge in [-0.15, -0.1) is 0 Å². The molecule has 2 heterocycles. The first-order valence-electron chi connectivity index (χ1n) is 8.95. The Morgan fingerprint density at radius 2 is 1.89 bits per heavy atom. The Morgan fingerprint density at radius 1 is 1.22 bits per heavy atom. The molecule has 4 rings (SSSR count). The van der Waals surface area contributed by atoms with Gasteiger partial charge in [-0.05, 0) is 24.6 Å². The minimum atomic E-state index is -0.370. The standard InChI is InChI=1S/C19H21FN4O3/c1-10(11-3-5-12(20)6-4-11)24-16(7-15(23-24)18(25)21-2)19(26)22-17-13-8-27-9-14(13)17/h3-7,10,13-14,17H,8-9H2,1-2H3,(H,21,25)(H,22,26)/t10-,13-,14+,17?/m0/s1. The number of fused-ring (bicyclic) bond motifs is 1. The first-order valence-corrected chi connectivity index (χ1v) is 8.95. The highest BCUT2D eigenvalue weighted by Crippen LogP contribution is 2.44. The van der Waals surface area contributed by atoms with E-state index in [0.29, 0.717) is 30.7 Å². The van der Waals surface area contributed by atoms with Crippen molar-refractivity contribution in [2.75, 3.05) is 20.3 Å². The lowest BCUT2D eigenvalue weighted by molar-refractivity contribution is 0.0915. The van der Waals surface area contributed by atoms with Gasteiger partial charge in [0.15, 0.2) is 5.69 Å². The number of aromatic nitrogens is 2. The van der Waals surface area contributed by atoms with Crippen molar-refractivity contribution in [3.05, 3.63) is 53.1 Å². The summed E-state index contributed by atoms with van der Waals surface area (Å²) in [7, 11) is 1.51. The molecule has 4 atom stereocenters. The van der Waals surface area contributed by atoms with Crippen molar-refractivity contribution in [2.45, 2.75) is 19.0 Å². The average molecular weight is 372 g/mol. The fourth-order valence-electron chi connectivity index (χ4n) is 3.66. The monoisotopic (exact) mass is 372 g/mol. The Hall–Kier alpha value is -2.74. The molecule has 7 nitrogen and oxygen atoms in total. The van der Waals surface area contributed by atoms with Gasteiger partial charge in [-0.2, -0.15) is 5.10 Å². The van der Waals surface area contributed by atoms with Gasteiger partial charge in [-0.3, -0.25) is 14.3 Å². The highest BCUT2D eigenvalue weighted by Gasteiger charge is 2.55. The molecule has 27 heavy (non-hydrogen) atoms. The van der Waals surface area contributed by atoms with Gasteiger partial charge in [0.25, 0.3) is 11.8 Å². The summed E-state index contributed by atoms with van der Waals surface area (Å²) >= 11 is 0. The van der Waals surface area contributed by atoms with Crippen LogP contribution in [0.15, 0.2) is 30.3 Å². The Kier molecular flexibility index (Phi) is 4.43. The average Bonchev–Trinajstić information content (AvgIpc) is 3.08. The molecule has 1 saturated heterocycles. The van der Waals surface area contributed by atoms with Gasteiger partial charge in [-0.1, -0.05) is 12.1 Å². The molecule has 0 spiro atoms. The van der Waals surface area contributed by atoms with Gasteiger partial charge in [-0.25, -0.2) is 4.39 Å². The lowest BCUT2D eigenvalue weighted by Gasteiger charge is -2.16.